The highest BCUT2D eigenvalue weighted by atomic mass is 16.5. The van der Waals surface area contributed by atoms with Gasteiger partial charge < -0.3 is 24.8 Å². The van der Waals surface area contributed by atoms with Gasteiger partial charge in [0.25, 0.3) is 11.8 Å². The van der Waals surface area contributed by atoms with Crippen LogP contribution in [0.4, 0.5) is 11.4 Å². The molecule has 0 saturated carbocycles. The van der Waals surface area contributed by atoms with E-state index >= 15 is 0 Å². The van der Waals surface area contributed by atoms with Crippen molar-refractivity contribution >= 4 is 35.0 Å². The highest BCUT2D eigenvalue weighted by Crippen LogP contribution is 2.29. The topological polar surface area (TPSA) is 144 Å². The molecule has 0 aliphatic rings. The van der Waals surface area contributed by atoms with Crippen LogP contribution in [0.1, 0.15) is 10.4 Å². The molecule has 0 bridgehead atoms. The van der Waals surface area contributed by atoms with Crippen molar-refractivity contribution in [3.63, 3.8) is 0 Å². The third-order valence-electron chi connectivity index (χ3n) is 4.71. The summed E-state index contributed by atoms with van der Waals surface area (Å²) in [5.41, 5.74) is 5.33. The van der Waals surface area contributed by atoms with Gasteiger partial charge in [-0.05, 0) is 36.4 Å². The minimum absolute atomic E-state index is 0.144. The smallest absolute Gasteiger partial charge is 0.314 e. The Morgan fingerprint density at radius 1 is 0.694 bits per heavy atom. The molecular formula is C25H24N4O7. The van der Waals surface area contributed by atoms with Crippen LogP contribution in [0.25, 0.3) is 0 Å². The molecule has 0 atom stereocenters. The Hall–Kier alpha value is -5.06. The van der Waals surface area contributed by atoms with Crippen molar-refractivity contribution in [2.75, 3.05) is 31.5 Å². The minimum Gasteiger partial charge on any atom is -0.497 e. The first-order chi connectivity index (χ1) is 17.4. The second-order valence-corrected chi connectivity index (χ2v) is 7.13. The third-order valence-corrected chi connectivity index (χ3v) is 4.71. The molecule has 3 aromatic rings. The van der Waals surface area contributed by atoms with Gasteiger partial charge in [0.2, 0.25) is 0 Å². The number of rotatable bonds is 8. The first-order valence-corrected chi connectivity index (χ1v) is 10.6. The fraction of sp³-hybridized carbons (Fsp3) is 0.120. The van der Waals surface area contributed by atoms with E-state index in [9.17, 15) is 19.2 Å². The molecule has 11 nitrogen and oxygen atoms in total. The second-order valence-electron chi connectivity index (χ2n) is 7.13. The van der Waals surface area contributed by atoms with Crippen molar-refractivity contribution < 1.29 is 33.4 Å². The van der Waals surface area contributed by atoms with Gasteiger partial charge in [-0.1, -0.05) is 30.3 Å². The number of hydrazine groups is 1. The van der Waals surface area contributed by atoms with E-state index in [1.807, 2.05) is 0 Å². The number of hydrogen-bond acceptors (Lipinski definition) is 7. The van der Waals surface area contributed by atoms with Crippen molar-refractivity contribution in [1.82, 2.24) is 10.9 Å². The molecule has 11 heteroatoms. The van der Waals surface area contributed by atoms with E-state index in [4.69, 9.17) is 14.2 Å². The average Bonchev–Trinajstić information content (AvgIpc) is 2.91. The Morgan fingerprint density at radius 2 is 1.33 bits per heavy atom. The number of ether oxygens (including phenoxy) is 3. The molecule has 0 fully saturated rings. The number of carbonyl (C=O) groups excluding carboxylic acids is 4. The Morgan fingerprint density at radius 3 is 2.00 bits per heavy atom. The van der Waals surface area contributed by atoms with E-state index < -0.39 is 30.2 Å². The second kappa shape index (κ2) is 12.4. The molecule has 0 heterocycles. The van der Waals surface area contributed by atoms with Crippen LogP contribution < -0.4 is 35.7 Å². The summed E-state index contributed by atoms with van der Waals surface area (Å²) in [6.45, 7) is -0.461. The zero-order valence-corrected chi connectivity index (χ0v) is 19.5. The molecular weight excluding hydrogens is 468 g/mol. The Balaban J connectivity index is 1.55. The largest absolute Gasteiger partial charge is 0.497 e. The number of amides is 4. The van der Waals surface area contributed by atoms with Crippen LogP contribution in [-0.4, -0.2) is 44.5 Å². The molecule has 4 amide bonds. The molecule has 0 radical (unpaired) electrons. The number of hydrogen-bond donors (Lipinski definition) is 4. The first kappa shape index (κ1) is 25.6. The summed E-state index contributed by atoms with van der Waals surface area (Å²) < 4.78 is 15.8. The van der Waals surface area contributed by atoms with Crippen LogP contribution in [0.2, 0.25) is 0 Å². The summed E-state index contributed by atoms with van der Waals surface area (Å²) in [5, 5.41) is 4.91. The maximum atomic E-state index is 12.5. The standard InChI is InChI=1S/C25H24N4O7/c1-34-17-12-13-19(21(14-17)35-2)27-25(33)24(32)26-18-10-6-7-11-20(18)36-15-22(30)28-29-23(31)16-8-4-3-5-9-16/h3-14H,15H2,1-2H3,(H,26,32)(H,27,33)(H,28,30)(H,29,31). The van der Waals surface area contributed by atoms with Crippen molar-refractivity contribution in [2.24, 2.45) is 0 Å². The van der Waals surface area contributed by atoms with Crippen LogP contribution in [0.3, 0.4) is 0 Å². The van der Waals surface area contributed by atoms with Crippen LogP contribution >= 0.6 is 0 Å². The zero-order valence-electron chi connectivity index (χ0n) is 19.5. The van der Waals surface area contributed by atoms with Crippen molar-refractivity contribution in [1.29, 1.82) is 0 Å². The summed E-state index contributed by atoms with van der Waals surface area (Å²) in [6.07, 6.45) is 0. The van der Waals surface area contributed by atoms with Gasteiger partial charge in [-0.3, -0.25) is 30.0 Å². The highest BCUT2D eigenvalue weighted by molar-refractivity contribution is 6.44. The molecule has 0 unspecified atom stereocenters. The van der Waals surface area contributed by atoms with Gasteiger partial charge in [-0.25, -0.2) is 0 Å². The highest BCUT2D eigenvalue weighted by Gasteiger charge is 2.18. The fourth-order valence-electron chi connectivity index (χ4n) is 2.92. The van der Waals surface area contributed by atoms with Gasteiger partial charge >= 0.3 is 11.8 Å². The number of nitrogens with one attached hydrogen (secondary N) is 4. The van der Waals surface area contributed by atoms with Gasteiger partial charge in [0.1, 0.15) is 17.2 Å². The normalized spacial score (nSPS) is 9.94. The lowest BCUT2D eigenvalue weighted by Crippen LogP contribution is -2.43. The molecule has 186 valence electrons. The fourth-order valence-corrected chi connectivity index (χ4v) is 2.92. The molecule has 4 N–H and O–H groups in total. The number of carbonyl (C=O) groups is 4. The van der Waals surface area contributed by atoms with E-state index in [1.54, 1.807) is 54.6 Å². The molecule has 0 aliphatic carbocycles. The minimum atomic E-state index is -0.969. The average molecular weight is 492 g/mol. The number of benzene rings is 3. The quantitative estimate of drug-likeness (QED) is 0.279. The van der Waals surface area contributed by atoms with E-state index in [-0.39, 0.29) is 17.1 Å². The van der Waals surface area contributed by atoms with Gasteiger partial charge in [0.15, 0.2) is 6.61 Å². The van der Waals surface area contributed by atoms with E-state index in [2.05, 4.69) is 21.5 Å². The van der Waals surface area contributed by atoms with Crippen LogP contribution in [-0.2, 0) is 14.4 Å². The van der Waals surface area contributed by atoms with E-state index in [0.717, 1.165) is 0 Å². The van der Waals surface area contributed by atoms with Crippen LogP contribution in [0, 0.1) is 0 Å². The van der Waals surface area contributed by atoms with Crippen molar-refractivity contribution in [3.8, 4) is 17.2 Å². The van der Waals surface area contributed by atoms with Crippen LogP contribution in [0.15, 0.2) is 72.8 Å². The lowest BCUT2D eigenvalue weighted by atomic mass is 10.2. The predicted octanol–water partition coefficient (Wildman–Crippen LogP) is 2.12. The molecule has 0 aliphatic heterocycles. The third kappa shape index (κ3) is 6.97. The Labute approximate surface area is 206 Å². The molecule has 0 spiro atoms. The number of anilines is 2. The van der Waals surface area contributed by atoms with Crippen molar-refractivity contribution in [2.45, 2.75) is 0 Å². The van der Waals surface area contributed by atoms with Gasteiger partial charge in [-0.15, -0.1) is 0 Å². The van der Waals surface area contributed by atoms with Crippen LogP contribution in [0.5, 0.6) is 17.2 Å². The first-order valence-electron chi connectivity index (χ1n) is 10.6. The zero-order chi connectivity index (χ0) is 25.9. The maximum Gasteiger partial charge on any atom is 0.314 e. The maximum absolute atomic E-state index is 12.5. The molecule has 36 heavy (non-hydrogen) atoms. The molecule has 3 aromatic carbocycles. The molecule has 3 rings (SSSR count). The summed E-state index contributed by atoms with van der Waals surface area (Å²) >= 11 is 0. The summed E-state index contributed by atoms with van der Waals surface area (Å²) in [4.78, 5) is 49.0. The number of methoxy groups -OCH3 is 2. The lowest BCUT2D eigenvalue weighted by molar-refractivity contribution is -0.133. The summed E-state index contributed by atoms with van der Waals surface area (Å²) in [7, 11) is 2.91. The summed E-state index contributed by atoms with van der Waals surface area (Å²) in [5.74, 6) is -2.07. The lowest BCUT2D eigenvalue weighted by Gasteiger charge is -2.14. The van der Waals surface area contributed by atoms with Gasteiger partial charge in [-0.2, -0.15) is 0 Å². The molecule has 0 saturated heterocycles. The molecule has 0 aromatic heterocycles. The monoisotopic (exact) mass is 492 g/mol. The van der Waals surface area contributed by atoms with E-state index in [1.165, 1.54) is 32.4 Å². The van der Waals surface area contributed by atoms with E-state index in [0.29, 0.717) is 17.1 Å². The SMILES string of the molecule is COc1ccc(NC(=O)C(=O)Nc2ccccc2OCC(=O)NNC(=O)c2ccccc2)c(OC)c1. The van der Waals surface area contributed by atoms with Crippen molar-refractivity contribution in [3.05, 3.63) is 78.4 Å². The number of para-hydroxylation sites is 2. The van der Waals surface area contributed by atoms with Gasteiger partial charge in [0.05, 0.1) is 25.6 Å². The van der Waals surface area contributed by atoms with Gasteiger partial charge in [0, 0.05) is 11.6 Å². The Bertz CT molecular complexity index is 1250. The Kier molecular flexibility index (Phi) is 8.82. The predicted molar refractivity (Wildman–Crippen MR) is 131 cm³/mol. The summed E-state index contributed by atoms with van der Waals surface area (Å²) in [6, 6.07) is 19.3.